The van der Waals surface area contributed by atoms with Crippen molar-refractivity contribution in [1.29, 1.82) is 0 Å². The fourth-order valence-corrected chi connectivity index (χ4v) is 3.97. The summed E-state index contributed by atoms with van der Waals surface area (Å²) in [7, 11) is 2.78. The quantitative estimate of drug-likeness (QED) is 0.581. The predicted octanol–water partition coefficient (Wildman–Crippen LogP) is 2.11. The van der Waals surface area contributed by atoms with Crippen LogP contribution in [0.4, 0.5) is 16.2 Å². The molecule has 2 heterocycles. The number of nitrogens with two attached hydrogens (primary N) is 2. The molecule has 1 saturated heterocycles. The van der Waals surface area contributed by atoms with E-state index in [1.54, 1.807) is 11.0 Å². The number of carbonyl (C=O) groups excluding carboxylic acids is 1. The van der Waals surface area contributed by atoms with Crippen LogP contribution in [0, 0.1) is 5.82 Å². The van der Waals surface area contributed by atoms with Crippen molar-refractivity contribution in [2.24, 2.45) is 5.73 Å². The van der Waals surface area contributed by atoms with Crippen LogP contribution in [-0.4, -0.2) is 61.2 Å². The Morgan fingerprint density at radius 1 is 1.12 bits per heavy atom. The van der Waals surface area contributed by atoms with Crippen molar-refractivity contribution in [1.82, 2.24) is 14.9 Å². The molecule has 33 heavy (non-hydrogen) atoms. The topological polar surface area (TPSA) is 120 Å². The normalized spacial score (nSPS) is 14.9. The van der Waals surface area contributed by atoms with Gasteiger partial charge in [-0.3, -0.25) is 4.79 Å². The molecule has 0 saturated carbocycles. The predicted molar refractivity (Wildman–Crippen MR) is 124 cm³/mol. The fraction of sp³-hybridized carbons (Fsp3) is 0.348. The van der Waals surface area contributed by atoms with Gasteiger partial charge in [-0.2, -0.15) is 4.98 Å². The summed E-state index contributed by atoms with van der Waals surface area (Å²) in [6.45, 7) is 1.95. The SMILES string of the molecule is COc1cc2c(N)nc(N3CCN(C(=O)C[C@@H](N)c4ccccc4)CC3)nc2c(F)c1OC. The smallest absolute Gasteiger partial charge is 0.228 e. The first-order chi connectivity index (χ1) is 15.9. The molecule has 0 radical (unpaired) electrons. The Kier molecular flexibility index (Phi) is 6.45. The van der Waals surface area contributed by atoms with E-state index in [1.165, 1.54) is 14.2 Å². The van der Waals surface area contributed by atoms with Gasteiger partial charge in [0.1, 0.15) is 11.3 Å². The Labute approximate surface area is 191 Å². The number of anilines is 2. The number of methoxy groups -OCH3 is 2. The standard InChI is InChI=1S/C23H27FN6O3/c1-32-17-12-15-20(19(24)21(17)33-2)27-23(28-22(15)26)30-10-8-29(9-11-30)18(31)13-16(25)14-6-4-3-5-7-14/h3-7,12,16H,8-11,13,25H2,1-2H3,(H2,26,27,28)/t16-/m1/s1. The zero-order chi connectivity index (χ0) is 23.5. The van der Waals surface area contributed by atoms with Crippen LogP contribution in [0.25, 0.3) is 10.9 Å². The van der Waals surface area contributed by atoms with Crippen LogP contribution in [0.5, 0.6) is 11.5 Å². The maximum Gasteiger partial charge on any atom is 0.228 e. The minimum atomic E-state index is -0.661. The van der Waals surface area contributed by atoms with Gasteiger partial charge >= 0.3 is 0 Å². The molecule has 0 unspecified atom stereocenters. The molecule has 10 heteroatoms. The first-order valence-corrected chi connectivity index (χ1v) is 10.6. The molecule has 1 aromatic heterocycles. The van der Waals surface area contributed by atoms with Crippen molar-refractivity contribution >= 4 is 28.6 Å². The van der Waals surface area contributed by atoms with Crippen LogP contribution in [-0.2, 0) is 4.79 Å². The molecule has 1 amide bonds. The number of amides is 1. The van der Waals surface area contributed by atoms with E-state index in [0.717, 1.165) is 5.56 Å². The molecule has 4 N–H and O–H groups in total. The summed E-state index contributed by atoms with van der Waals surface area (Å²) in [6.07, 6.45) is 0.232. The van der Waals surface area contributed by atoms with Gasteiger partial charge in [-0.15, -0.1) is 0 Å². The van der Waals surface area contributed by atoms with E-state index in [0.29, 0.717) is 37.5 Å². The molecular formula is C23H27FN6O3. The highest BCUT2D eigenvalue weighted by Crippen LogP contribution is 2.37. The second-order valence-electron chi connectivity index (χ2n) is 7.82. The van der Waals surface area contributed by atoms with E-state index >= 15 is 4.39 Å². The lowest BCUT2D eigenvalue weighted by Crippen LogP contribution is -2.49. The van der Waals surface area contributed by atoms with Crippen molar-refractivity contribution in [3.8, 4) is 11.5 Å². The average molecular weight is 455 g/mol. The zero-order valence-corrected chi connectivity index (χ0v) is 18.6. The largest absolute Gasteiger partial charge is 0.493 e. The number of fused-ring (bicyclic) bond motifs is 1. The number of hydrogen-bond acceptors (Lipinski definition) is 8. The molecule has 3 aromatic rings. The summed E-state index contributed by atoms with van der Waals surface area (Å²) in [5.74, 6) is -0.0502. The summed E-state index contributed by atoms with van der Waals surface area (Å²) in [4.78, 5) is 25.2. The van der Waals surface area contributed by atoms with Crippen LogP contribution < -0.4 is 25.8 Å². The Balaban J connectivity index is 1.47. The third-order valence-electron chi connectivity index (χ3n) is 5.83. The van der Waals surface area contributed by atoms with Gasteiger partial charge in [0, 0.05) is 44.0 Å². The van der Waals surface area contributed by atoms with Gasteiger partial charge in [0.05, 0.1) is 14.2 Å². The number of carbonyl (C=O) groups is 1. The molecule has 0 aliphatic carbocycles. The van der Waals surface area contributed by atoms with Gasteiger partial charge in [0.15, 0.2) is 17.3 Å². The number of nitrogen functional groups attached to an aromatic ring is 1. The Morgan fingerprint density at radius 3 is 2.45 bits per heavy atom. The lowest BCUT2D eigenvalue weighted by molar-refractivity contribution is -0.131. The van der Waals surface area contributed by atoms with Crippen LogP contribution in [0.1, 0.15) is 18.0 Å². The van der Waals surface area contributed by atoms with Crippen molar-refractivity contribution in [2.75, 3.05) is 51.0 Å². The summed E-state index contributed by atoms with van der Waals surface area (Å²) < 4.78 is 25.4. The molecule has 0 spiro atoms. The Morgan fingerprint density at radius 2 is 1.82 bits per heavy atom. The number of halogens is 1. The Hall–Kier alpha value is -3.66. The number of aromatic nitrogens is 2. The zero-order valence-electron chi connectivity index (χ0n) is 18.6. The van der Waals surface area contributed by atoms with E-state index in [2.05, 4.69) is 9.97 Å². The number of rotatable bonds is 6. The molecule has 1 aliphatic heterocycles. The summed E-state index contributed by atoms with van der Waals surface area (Å²) in [5.41, 5.74) is 13.3. The minimum absolute atomic E-state index is 0.00665. The third-order valence-corrected chi connectivity index (χ3v) is 5.83. The lowest BCUT2D eigenvalue weighted by atomic mass is 10.0. The van der Waals surface area contributed by atoms with E-state index in [1.807, 2.05) is 35.2 Å². The fourth-order valence-electron chi connectivity index (χ4n) is 3.97. The van der Waals surface area contributed by atoms with Crippen molar-refractivity contribution in [3.05, 3.63) is 47.8 Å². The number of benzene rings is 2. The highest BCUT2D eigenvalue weighted by atomic mass is 19.1. The molecule has 1 aliphatic rings. The van der Waals surface area contributed by atoms with E-state index < -0.39 is 5.82 Å². The van der Waals surface area contributed by atoms with Gasteiger partial charge in [-0.25, -0.2) is 9.37 Å². The maximum absolute atomic E-state index is 15.0. The lowest BCUT2D eigenvalue weighted by Gasteiger charge is -2.35. The van der Waals surface area contributed by atoms with Gasteiger partial charge in [0.2, 0.25) is 11.9 Å². The van der Waals surface area contributed by atoms with Crippen LogP contribution in [0.2, 0.25) is 0 Å². The van der Waals surface area contributed by atoms with E-state index in [4.69, 9.17) is 20.9 Å². The van der Waals surface area contributed by atoms with Gasteiger partial charge in [-0.05, 0) is 11.6 Å². The van der Waals surface area contributed by atoms with Gasteiger partial charge in [-0.1, -0.05) is 30.3 Å². The van der Waals surface area contributed by atoms with E-state index in [9.17, 15) is 4.79 Å². The molecule has 9 nitrogen and oxygen atoms in total. The highest BCUT2D eigenvalue weighted by molar-refractivity contribution is 5.92. The maximum atomic E-state index is 15.0. The molecule has 1 fully saturated rings. The van der Waals surface area contributed by atoms with Crippen molar-refractivity contribution in [3.63, 3.8) is 0 Å². The number of hydrogen-bond donors (Lipinski definition) is 2. The molecule has 2 aromatic carbocycles. The molecule has 0 bridgehead atoms. The van der Waals surface area contributed by atoms with Crippen molar-refractivity contribution < 1.29 is 18.7 Å². The highest BCUT2D eigenvalue weighted by Gasteiger charge is 2.26. The number of piperazine rings is 1. The van der Waals surface area contributed by atoms with Crippen LogP contribution >= 0.6 is 0 Å². The first kappa shape index (κ1) is 22.5. The first-order valence-electron chi connectivity index (χ1n) is 10.6. The third kappa shape index (κ3) is 4.47. The summed E-state index contributed by atoms with van der Waals surface area (Å²) >= 11 is 0. The van der Waals surface area contributed by atoms with Crippen LogP contribution in [0.15, 0.2) is 36.4 Å². The average Bonchev–Trinajstić information content (AvgIpc) is 2.84. The summed E-state index contributed by atoms with van der Waals surface area (Å²) in [5, 5.41) is 0.345. The van der Waals surface area contributed by atoms with Crippen LogP contribution in [0.3, 0.4) is 0 Å². The number of nitrogens with zero attached hydrogens (tertiary/aromatic N) is 4. The molecular weight excluding hydrogens is 427 g/mol. The number of ether oxygens (including phenoxy) is 2. The molecule has 174 valence electrons. The van der Waals surface area contributed by atoms with Gasteiger partial charge < -0.3 is 30.7 Å². The van der Waals surface area contributed by atoms with E-state index in [-0.39, 0.29) is 41.2 Å². The second-order valence-corrected chi connectivity index (χ2v) is 7.82. The molecule has 1 atom stereocenters. The summed E-state index contributed by atoms with van der Waals surface area (Å²) in [6, 6.07) is 10.8. The Bertz CT molecular complexity index is 1150. The second kappa shape index (κ2) is 9.45. The molecule has 4 rings (SSSR count). The van der Waals surface area contributed by atoms with Crippen molar-refractivity contribution in [2.45, 2.75) is 12.5 Å². The van der Waals surface area contributed by atoms with Gasteiger partial charge in [0.25, 0.3) is 0 Å². The monoisotopic (exact) mass is 454 g/mol. The minimum Gasteiger partial charge on any atom is -0.493 e.